The maximum Gasteiger partial charge on any atom is 0.131 e. The summed E-state index contributed by atoms with van der Waals surface area (Å²) >= 11 is 0. The molecule has 1 unspecified atom stereocenters. The van der Waals surface area contributed by atoms with E-state index >= 15 is 0 Å². The SMILES string of the molecule is CNC(c1ccc(C(C)C)cc1)c1cccc(C)c1F. The second-order valence-electron chi connectivity index (χ2n) is 5.52. The standard InChI is InChI=1S/C18H22FN/c1-12(2)14-8-10-15(11-9-14)18(20-4)16-7-5-6-13(3)17(16)19/h5-12,18,20H,1-4H3. The van der Waals surface area contributed by atoms with Crippen molar-refractivity contribution in [3.05, 3.63) is 70.5 Å². The van der Waals surface area contributed by atoms with E-state index in [0.717, 1.165) is 5.56 Å². The predicted octanol–water partition coefficient (Wildman–Crippen LogP) is 4.57. The van der Waals surface area contributed by atoms with Crippen LogP contribution in [-0.4, -0.2) is 7.05 Å². The van der Waals surface area contributed by atoms with Crippen molar-refractivity contribution in [3.8, 4) is 0 Å². The summed E-state index contributed by atoms with van der Waals surface area (Å²) in [6, 6.07) is 13.8. The Bertz CT molecular complexity index is 572. The first kappa shape index (κ1) is 14.7. The highest BCUT2D eigenvalue weighted by Gasteiger charge is 2.17. The highest BCUT2D eigenvalue weighted by atomic mass is 19.1. The maximum atomic E-state index is 14.3. The summed E-state index contributed by atoms with van der Waals surface area (Å²) in [5.74, 6) is 0.382. The minimum absolute atomic E-state index is 0.115. The van der Waals surface area contributed by atoms with Gasteiger partial charge in [-0.1, -0.05) is 56.3 Å². The zero-order chi connectivity index (χ0) is 14.7. The second-order valence-corrected chi connectivity index (χ2v) is 5.52. The highest BCUT2D eigenvalue weighted by Crippen LogP contribution is 2.27. The summed E-state index contributed by atoms with van der Waals surface area (Å²) in [5.41, 5.74) is 3.76. The van der Waals surface area contributed by atoms with Crippen molar-refractivity contribution in [1.82, 2.24) is 5.32 Å². The third-order valence-electron chi connectivity index (χ3n) is 3.76. The van der Waals surface area contributed by atoms with Gasteiger partial charge in [-0.3, -0.25) is 0 Å². The molecule has 106 valence electrons. The summed E-state index contributed by atoms with van der Waals surface area (Å²) < 4.78 is 14.3. The van der Waals surface area contributed by atoms with Crippen molar-refractivity contribution in [2.24, 2.45) is 0 Å². The van der Waals surface area contributed by atoms with Gasteiger partial charge in [-0.15, -0.1) is 0 Å². The van der Waals surface area contributed by atoms with Gasteiger partial charge in [0, 0.05) is 5.56 Å². The van der Waals surface area contributed by atoms with Crippen molar-refractivity contribution in [3.63, 3.8) is 0 Å². The normalized spacial score (nSPS) is 12.7. The monoisotopic (exact) mass is 271 g/mol. The molecule has 0 saturated carbocycles. The van der Waals surface area contributed by atoms with Crippen LogP contribution in [0.1, 0.15) is 48.1 Å². The van der Waals surface area contributed by atoms with Gasteiger partial charge in [-0.2, -0.15) is 0 Å². The maximum absolute atomic E-state index is 14.3. The van der Waals surface area contributed by atoms with E-state index in [1.807, 2.05) is 19.2 Å². The van der Waals surface area contributed by atoms with Crippen LogP contribution in [0.2, 0.25) is 0 Å². The molecule has 1 nitrogen and oxygen atoms in total. The zero-order valence-corrected chi connectivity index (χ0v) is 12.6. The van der Waals surface area contributed by atoms with Gasteiger partial charge >= 0.3 is 0 Å². The van der Waals surface area contributed by atoms with Crippen molar-refractivity contribution in [1.29, 1.82) is 0 Å². The predicted molar refractivity (Wildman–Crippen MR) is 82.6 cm³/mol. The first-order valence-corrected chi connectivity index (χ1v) is 7.06. The zero-order valence-electron chi connectivity index (χ0n) is 12.6. The van der Waals surface area contributed by atoms with Crippen LogP contribution < -0.4 is 5.32 Å². The minimum atomic E-state index is -0.125. The Morgan fingerprint density at radius 3 is 2.10 bits per heavy atom. The molecule has 2 aromatic rings. The van der Waals surface area contributed by atoms with Crippen molar-refractivity contribution >= 4 is 0 Å². The summed E-state index contributed by atoms with van der Waals surface area (Å²) in [6.45, 7) is 6.14. The van der Waals surface area contributed by atoms with Gasteiger partial charge in [0.15, 0.2) is 0 Å². The van der Waals surface area contributed by atoms with Crippen LogP contribution in [0.4, 0.5) is 4.39 Å². The third kappa shape index (κ3) is 2.91. The van der Waals surface area contributed by atoms with Crippen molar-refractivity contribution in [2.45, 2.75) is 32.7 Å². The third-order valence-corrected chi connectivity index (χ3v) is 3.76. The van der Waals surface area contributed by atoms with Crippen LogP contribution in [0.3, 0.4) is 0 Å². The fraction of sp³-hybridized carbons (Fsp3) is 0.333. The molecule has 0 bridgehead atoms. The minimum Gasteiger partial charge on any atom is -0.309 e. The van der Waals surface area contributed by atoms with Crippen LogP contribution in [0.15, 0.2) is 42.5 Å². The number of hydrogen-bond acceptors (Lipinski definition) is 1. The number of nitrogens with one attached hydrogen (secondary N) is 1. The molecule has 2 heteroatoms. The Balaban J connectivity index is 2.39. The van der Waals surface area contributed by atoms with Crippen LogP contribution in [0.5, 0.6) is 0 Å². The van der Waals surface area contributed by atoms with Crippen molar-refractivity contribution in [2.75, 3.05) is 7.05 Å². The first-order chi connectivity index (χ1) is 9.54. The molecule has 0 amide bonds. The molecule has 1 atom stereocenters. The average Bonchev–Trinajstić information content (AvgIpc) is 2.45. The van der Waals surface area contributed by atoms with Gasteiger partial charge in [-0.25, -0.2) is 4.39 Å². The fourth-order valence-electron chi connectivity index (χ4n) is 2.47. The lowest BCUT2D eigenvalue weighted by molar-refractivity contribution is 0.569. The fourth-order valence-corrected chi connectivity index (χ4v) is 2.47. The van der Waals surface area contributed by atoms with Gasteiger partial charge in [0.25, 0.3) is 0 Å². The summed E-state index contributed by atoms with van der Waals surface area (Å²) in [5, 5.41) is 3.21. The molecule has 0 fully saturated rings. The molecule has 2 aromatic carbocycles. The van der Waals surface area contributed by atoms with Gasteiger partial charge in [0.2, 0.25) is 0 Å². The molecule has 0 aromatic heterocycles. The van der Waals surface area contributed by atoms with E-state index < -0.39 is 0 Å². The van der Waals surface area contributed by atoms with Crippen LogP contribution in [0, 0.1) is 12.7 Å². The molecule has 1 N–H and O–H groups in total. The number of halogens is 1. The van der Waals surface area contributed by atoms with Crippen LogP contribution >= 0.6 is 0 Å². The molecule has 0 aliphatic rings. The number of rotatable bonds is 4. The summed E-state index contributed by atoms with van der Waals surface area (Å²) in [4.78, 5) is 0. The largest absolute Gasteiger partial charge is 0.309 e. The molecule has 0 saturated heterocycles. The van der Waals surface area contributed by atoms with E-state index in [0.29, 0.717) is 17.0 Å². The molecule has 20 heavy (non-hydrogen) atoms. The second kappa shape index (κ2) is 6.19. The van der Waals surface area contributed by atoms with E-state index in [2.05, 4.69) is 43.4 Å². The van der Waals surface area contributed by atoms with E-state index in [9.17, 15) is 4.39 Å². The molecule has 0 heterocycles. The molecule has 0 radical (unpaired) electrons. The Hall–Kier alpha value is -1.67. The lowest BCUT2D eigenvalue weighted by Crippen LogP contribution is -2.19. The number of benzene rings is 2. The Kier molecular flexibility index (Phi) is 4.56. The Labute approximate surface area is 120 Å². The van der Waals surface area contributed by atoms with Crippen LogP contribution in [-0.2, 0) is 0 Å². The van der Waals surface area contributed by atoms with Crippen molar-refractivity contribution < 1.29 is 4.39 Å². The van der Waals surface area contributed by atoms with Gasteiger partial charge in [0.05, 0.1) is 6.04 Å². The lowest BCUT2D eigenvalue weighted by Gasteiger charge is -2.19. The molecular formula is C18H22FN. The van der Waals surface area contributed by atoms with E-state index in [1.54, 1.807) is 13.0 Å². The van der Waals surface area contributed by atoms with E-state index in [1.165, 1.54) is 5.56 Å². The molecule has 0 aliphatic carbocycles. The molecule has 2 rings (SSSR count). The van der Waals surface area contributed by atoms with Gasteiger partial charge in [-0.05, 0) is 36.6 Å². The summed E-state index contributed by atoms with van der Waals surface area (Å²) in [7, 11) is 1.86. The molecule has 0 spiro atoms. The van der Waals surface area contributed by atoms with E-state index in [4.69, 9.17) is 0 Å². The number of hydrogen-bond donors (Lipinski definition) is 1. The van der Waals surface area contributed by atoms with Crippen LogP contribution in [0.25, 0.3) is 0 Å². The highest BCUT2D eigenvalue weighted by molar-refractivity contribution is 5.36. The average molecular weight is 271 g/mol. The Morgan fingerprint density at radius 2 is 1.55 bits per heavy atom. The van der Waals surface area contributed by atoms with E-state index in [-0.39, 0.29) is 11.9 Å². The molecular weight excluding hydrogens is 249 g/mol. The smallest absolute Gasteiger partial charge is 0.131 e. The topological polar surface area (TPSA) is 12.0 Å². The van der Waals surface area contributed by atoms with Gasteiger partial charge < -0.3 is 5.32 Å². The number of aryl methyl sites for hydroxylation is 1. The Morgan fingerprint density at radius 1 is 0.950 bits per heavy atom. The quantitative estimate of drug-likeness (QED) is 0.859. The first-order valence-electron chi connectivity index (χ1n) is 7.06. The van der Waals surface area contributed by atoms with Gasteiger partial charge in [0.1, 0.15) is 5.82 Å². The molecule has 0 aliphatic heterocycles. The summed E-state index contributed by atoms with van der Waals surface area (Å²) in [6.07, 6.45) is 0. The lowest BCUT2D eigenvalue weighted by atomic mass is 9.94.